The molecule has 1 aromatic rings. The molecule has 0 saturated carbocycles. The molecule has 1 fully saturated rings. The Balaban J connectivity index is 2.59. The lowest BCUT2D eigenvalue weighted by molar-refractivity contribution is -0.139. The van der Waals surface area contributed by atoms with Gasteiger partial charge >= 0.3 is 6.09 Å². The van der Waals surface area contributed by atoms with E-state index in [0.717, 1.165) is 12.8 Å². The Kier molecular flexibility index (Phi) is 4.91. The molecule has 7 nitrogen and oxygen atoms in total. The minimum absolute atomic E-state index is 0.251. The van der Waals surface area contributed by atoms with Crippen LogP contribution >= 0.6 is 0 Å². The summed E-state index contributed by atoms with van der Waals surface area (Å²) >= 11 is 0. The number of carbonyl (C=O) groups is 3. The molecule has 1 unspecified atom stereocenters. The van der Waals surface area contributed by atoms with Crippen molar-refractivity contribution in [3.63, 3.8) is 0 Å². The fourth-order valence-corrected chi connectivity index (χ4v) is 3.09. The first kappa shape index (κ1) is 17.9. The number of hydrogen-bond donors (Lipinski definition) is 2. The molecule has 7 heteroatoms. The molecular formula is C17H23N3O4. The van der Waals surface area contributed by atoms with Gasteiger partial charge in [-0.3, -0.25) is 19.9 Å². The molecule has 24 heavy (non-hydrogen) atoms. The zero-order valence-corrected chi connectivity index (χ0v) is 14.2. The average Bonchev–Trinajstić information content (AvgIpc) is 3.05. The van der Waals surface area contributed by atoms with Crippen LogP contribution in [0.1, 0.15) is 44.0 Å². The van der Waals surface area contributed by atoms with Gasteiger partial charge in [-0.2, -0.15) is 0 Å². The third-order valence-electron chi connectivity index (χ3n) is 4.42. The van der Waals surface area contributed by atoms with E-state index in [2.05, 4.69) is 10.3 Å². The predicted octanol–water partition coefficient (Wildman–Crippen LogP) is 1.94. The number of Topliss-reactive ketones (excluding diaryl/α,β-unsaturated/α-hetero) is 1. The smallest absolute Gasteiger partial charge is 0.405 e. The minimum Gasteiger partial charge on any atom is -0.465 e. The Morgan fingerprint density at radius 1 is 1.12 bits per heavy atom. The maximum Gasteiger partial charge on any atom is 0.405 e. The van der Waals surface area contributed by atoms with Gasteiger partial charge in [0.1, 0.15) is 0 Å². The van der Waals surface area contributed by atoms with Gasteiger partial charge in [-0.1, -0.05) is 20.8 Å². The van der Waals surface area contributed by atoms with E-state index in [9.17, 15) is 19.5 Å². The van der Waals surface area contributed by atoms with E-state index in [0.29, 0.717) is 13.1 Å². The summed E-state index contributed by atoms with van der Waals surface area (Å²) in [7, 11) is 0. The molecule has 0 aromatic carbocycles. The van der Waals surface area contributed by atoms with Crippen LogP contribution < -0.4 is 5.32 Å². The first-order valence-corrected chi connectivity index (χ1v) is 7.95. The van der Waals surface area contributed by atoms with Crippen LogP contribution in [0, 0.1) is 5.41 Å². The van der Waals surface area contributed by atoms with E-state index < -0.39 is 28.7 Å². The van der Waals surface area contributed by atoms with Crippen molar-refractivity contribution >= 4 is 17.8 Å². The molecule has 130 valence electrons. The van der Waals surface area contributed by atoms with Crippen LogP contribution in [0.4, 0.5) is 4.79 Å². The second-order valence-electron chi connectivity index (χ2n) is 6.99. The van der Waals surface area contributed by atoms with Crippen molar-refractivity contribution in [3.05, 3.63) is 30.1 Å². The predicted molar refractivity (Wildman–Crippen MR) is 87.7 cm³/mol. The standard InChI is InChI=1S/C17H23N3O4/c1-16(2,3)17(19-15(23)24,14(22)20-10-4-5-11-20)13(21)12-6-8-18-9-7-12/h6-9,19H,4-5,10-11H2,1-3H3,(H,23,24). The highest BCUT2D eigenvalue weighted by Gasteiger charge is 2.57. The van der Waals surface area contributed by atoms with E-state index in [1.165, 1.54) is 24.5 Å². The number of rotatable bonds is 4. The van der Waals surface area contributed by atoms with Crippen LogP contribution in [-0.2, 0) is 4.79 Å². The maximum absolute atomic E-state index is 13.2. The molecule has 0 radical (unpaired) electrons. The molecule has 2 rings (SSSR count). The zero-order valence-electron chi connectivity index (χ0n) is 14.2. The summed E-state index contributed by atoms with van der Waals surface area (Å²) in [6, 6.07) is 2.98. The van der Waals surface area contributed by atoms with E-state index in [1.807, 2.05) is 0 Å². The second kappa shape index (κ2) is 6.59. The average molecular weight is 333 g/mol. The van der Waals surface area contributed by atoms with E-state index >= 15 is 0 Å². The highest BCUT2D eigenvalue weighted by Crippen LogP contribution is 2.36. The Labute approximate surface area is 141 Å². The number of nitrogens with one attached hydrogen (secondary N) is 1. The zero-order chi connectivity index (χ0) is 18.0. The van der Waals surface area contributed by atoms with E-state index in [4.69, 9.17) is 0 Å². The number of amides is 2. The Morgan fingerprint density at radius 2 is 1.67 bits per heavy atom. The van der Waals surface area contributed by atoms with Crippen molar-refractivity contribution in [2.24, 2.45) is 5.41 Å². The highest BCUT2D eigenvalue weighted by molar-refractivity contribution is 6.20. The molecule has 0 aliphatic carbocycles. The topological polar surface area (TPSA) is 99.6 Å². The molecule has 1 aromatic heterocycles. The number of likely N-dealkylation sites (tertiary alicyclic amines) is 1. The third-order valence-corrected chi connectivity index (χ3v) is 4.42. The Bertz CT molecular complexity index is 633. The molecule has 2 heterocycles. The first-order valence-electron chi connectivity index (χ1n) is 7.95. The second-order valence-corrected chi connectivity index (χ2v) is 6.99. The molecular weight excluding hydrogens is 310 g/mol. The molecule has 2 N–H and O–H groups in total. The van der Waals surface area contributed by atoms with Crippen molar-refractivity contribution in [1.82, 2.24) is 15.2 Å². The monoisotopic (exact) mass is 333 g/mol. The van der Waals surface area contributed by atoms with Crippen molar-refractivity contribution in [3.8, 4) is 0 Å². The minimum atomic E-state index is -1.88. The van der Waals surface area contributed by atoms with Gasteiger partial charge in [0.25, 0.3) is 5.91 Å². The number of aromatic nitrogens is 1. The molecule has 0 spiro atoms. The van der Waals surface area contributed by atoms with Crippen LogP contribution in [-0.4, -0.2) is 51.4 Å². The molecule has 1 atom stereocenters. The normalized spacial score (nSPS) is 17.2. The SMILES string of the molecule is CC(C)(C)C(NC(=O)O)(C(=O)c1ccncc1)C(=O)N1CCCC1. The number of nitrogens with zero attached hydrogens (tertiary/aromatic N) is 2. The molecule has 1 aliphatic heterocycles. The van der Waals surface area contributed by atoms with Gasteiger partial charge in [0, 0.05) is 36.5 Å². The van der Waals surface area contributed by atoms with Crippen molar-refractivity contribution in [2.75, 3.05) is 13.1 Å². The Morgan fingerprint density at radius 3 is 2.12 bits per heavy atom. The summed E-state index contributed by atoms with van der Waals surface area (Å²) in [5.74, 6) is -1.05. The summed E-state index contributed by atoms with van der Waals surface area (Å²) in [5, 5.41) is 11.6. The van der Waals surface area contributed by atoms with Gasteiger partial charge in [-0.25, -0.2) is 4.79 Å². The number of ketones is 1. The summed E-state index contributed by atoms with van der Waals surface area (Å²) in [6.07, 6.45) is 3.19. The van der Waals surface area contributed by atoms with Gasteiger partial charge in [0.05, 0.1) is 0 Å². The van der Waals surface area contributed by atoms with Crippen LogP contribution in [0.5, 0.6) is 0 Å². The summed E-state index contributed by atoms with van der Waals surface area (Å²) in [5.41, 5.74) is -2.59. The molecule has 1 saturated heterocycles. The van der Waals surface area contributed by atoms with E-state index in [-0.39, 0.29) is 5.56 Å². The van der Waals surface area contributed by atoms with Crippen molar-refractivity contribution in [1.29, 1.82) is 0 Å². The summed E-state index contributed by atoms with van der Waals surface area (Å²) < 4.78 is 0. The van der Waals surface area contributed by atoms with Gasteiger partial charge in [-0.05, 0) is 25.0 Å². The largest absolute Gasteiger partial charge is 0.465 e. The van der Waals surface area contributed by atoms with Crippen LogP contribution in [0.3, 0.4) is 0 Å². The summed E-state index contributed by atoms with van der Waals surface area (Å²) in [6.45, 7) is 6.13. The van der Waals surface area contributed by atoms with Crippen LogP contribution in [0.25, 0.3) is 0 Å². The summed E-state index contributed by atoms with van der Waals surface area (Å²) in [4.78, 5) is 43.4. The van der Waals surface area contributed by atoms with E-state index in [1.54, 1.807) is 25.7 Å². The number of carboxylic acid groups (broad SMARTS) is 1. The molecule has 2 amide bonds. The number of carbonyl (C=O) groups excluding carboxylic acids is 2. The Hall–Kier alpha value is -2.44. The van der Waals surface area contributed by atoms with Gasteiger partial charge < -0.3 is 10.0 Å². The van der Waals surface area contributed by atoms with Crippen LogP contribution in [0.15, 0.2) is 24.5 Å². The highest BCUT2D eigenvalue weighted by atomic mass is 16.4. The third kappa shape index (κ3) is 3.11. The number of hydrogen-bond acceptors (Lipinski definition) is 4. The fourth-order valence-electron chi connectivity index (χ4n) is 3.09. The molecule has 0 bridgehead atoms. The van der Waals surface area contributed by atoms with Gasteiger partial charge in [0.15, 0.2) is 11.3 Å². The lowest BCUT2D eigenvalue weighted by Gasteiger charge is -2.43. The van der Waals surface area contributed by atoms with Gasteiger partial charge in [-0.15, -0.1) is 0 Å². The quantitative estimate of drug-likeness (QED) is 0.648. The first-order chi connectivity index (χ1) is 11.2. The maximum atomic E-state index is 13.2. The lowest BCUT2D eigenvalue weighted by Crippen LogP contribution is -2.70. The van der Waals surface area contributed by atoms with Crippen LogP contribution in [0.2, 0.25) is 0 Å². The lowest BCUT2D eigenvalue weighted by atomic mass is 9.68. The van der Waals surface area contributed by atoms with Gasteiger partial charge in [0.2, 0.25) is 0 Å². The fraction of sp³-hybridized carbons (Fsp3) is 0.529. The van der Waals surface area contributed by atoms with Crippen molar-refractivity contribution in [2.45, 2.75) is 39.2 Å². The van der Waals surface area contributed by atoms with Crippen molar-refractivity contribution < 1.29 is 19.5 Å². The number of pyridine rings is 1. The molecule has 1 aliphatic rings.